The molecule has 2 rings (SSSR count). The van der Waals surface area contributed by atoms with Crippen molar-refractivity contribution in [3.8, 4) is 5.75 Å². The first kappa shape index (κ1) is 15.0. The van der Waals surface area contributed by atoms with E-state index >= 15 is 0 Å². The zero-order valence-corrected chi connectivity index (χ0v) is 12.0. The average Bonchev–Trinajstić information content (AvgIpc) is 2.47. The van der Waals surface area contributed by atoms with Crippen LogP contribution >= 0.6 is 0 Å². The monoisotopic (exact) mass is 286 g/mol. The molecule has 2 N–H and O–H groups in total. The first-order valence-electron chi connectivity index (χ1n) is 6.74. The van der Waals surface area contributed by atoms with E-state index in [1.54, 1.807) is 12.1 Å². The van der Waals surface area contributed by atoms with Crippen molar-refractivity contribution < 1.29 is 9.66 Å². The fraction of sp³-hybridized carbons (Fsp3) is 0.250. The Morgan fingerprint density at radius 2 is 1.76 bits per heavy atom. The van der Waals surface area contributed by atoms with Crippen LogP contribution in [0.4, 0.5) is 5.69 Å². The molecule has 0 saturated carbocycles. The zero-order chi connectivity index (χ0) is 15.4. The largest absolute Gasteiger partial charge is 0.491 e. The number of ether oxygens (including phenoxy) is 1. The molecular formula is C16H18N2O3. The van der Waals surface area contributed by atoms with E-state index in [-0.39, 0.29) is 11.8 Å². The number of hydrogen-bond donors (Lipinski definition) is 1. The summed E-state index contributed by atoms with van der Waals surface area (Å²) in [5, 5.41) is 10.8. The van der Waals surface area contributed by atoms with Gasteiger partial charge in [0.15, 0.2) is 0 Å². The molecule has 2 aromatic rings. The Bertz CT molecular complexity index is 624. The summed E-state index contributed by atoms with van der Waals surface area (Å²) in [6.07, 6.45) is 0.112. The molecular weight excluding hydrogens is 268 g/mol. The van der Waals surface area contributed by atoms with Crippen LogP contribution in [0, 0.1) is 10.1 Å². The summed E-state index contributed by atoms with van der Waals surface area (Å²) in [6, 6.07) is 13.4. The normalized spacial score (nSPS) is 12.2. The summed E-state index contributed by atoms with van der Waals surface area (Å²) in [7, 11) is 0. The number of hydrogen-bond acceptors (Lipinski definition) is 4. The summed E-state index contributed by atoms with van der Waals surface area (Å²) < 4.78 is 5.58. The van der Waals surface area contributed by atoms with Crippen molar-refractivity contribution >= 4 is 5.69 Å². The van der Waals surface area contributed by atoms with Crippen molar-refractivity contribution in [2.24, 2.45) is 5.73 Å². The highest BCUT2D eigenvalue weighted by atomic mass is 16.6. The van der Waals surface area contributed by atoms with Crippen LogP contribution in [0.5, 0.6) is 5.75 Å². The van der Waals surface area contributed by atoms with E-state index < -0.39 is 11.0 Å². The molecule has 0 bridgehead atoms. The van der Waals surface area contributed by atoms with Crippen LogP contribution in [0.1, 0.15) is 31.0 Å². The van der Waals surface area contributed by atoms with Gasteiger partial charge in [-0.25, -0.2) is 0 Å². The van der Waals surface area contributed by atoms with Crippen molar-refractivity contribution in [3.63, 3.8) is 0 Å². The summed E-state index contributed by atoms with van der Waals surface area (Å²) in [5.74, 6) is 0.778. The second-order valence-electron chi connectivity index (χ2n) is 5.07. The van der Waals surface area contributed by atoms with E-state index in [1.165, 1.54) is 12.1 Å². The van der Waals surface area contributed by atoms with Gasteiger partial charge in [-0.3, -0.25) is 10.1 Å². The van der Waals surface area contributed by atoms with Crippen molar-refractivity contribution in [2.75, 3.05) is 0 Å². The fourth-order valence-corrected chi connectivity index (χ4v) is 2.05. The molecule has 0 amide bonds. The molecule has 0 aromatic heterocycles. The third-order valence-corrected chi connectivity index (χ3v) is 3.05. The molecule has 0 heterocycles. The summed E-state index contributed by atoms with van der Waals surface area (Å²) in [4.78, 5) is 10.4. The second kappa shape index (κ2) is 6.37. The molecule has 0 aliphatic heterocycles. The van der Waals surface area contributed by atoms with Gasteiger partial charge in [-0.1, -0.05) is 24.3 Å². The Morgan fingerprint density at radius 1 is 1.10 bits per heavy atom. The maximum Gasteiger partial charge on any atom is 0.269 e. The first-order chi connectivity index (χ1) is 9.97. The second-order valence-corrected chi connectivity index (χ2v) is 5.07. The Hall–Kier alpha value is -2.40. The van der Waals surface area contributed by atoms with E-state index in [1.807, 2.05) is 38.1 Å². The van der Waals surface area contributed by atoms with Gasteiger partial charge in [0.2, 0.25) is 0 Å². The van der Waals surface area contributed by atoms with Crippen LogP contribution in [0.15, 0.2) is 48.5 Å². The third kappa shape index (κ3) is 3.79. The average molecular weight is 286 g/mol. The molecule has 0 aliphatic rings. The van der Waals surface area contributed by atoms with Crippen LogP contribution in [-0.4, -0.2) is 11.0 Å². The number of nitrogens with two attached hydrogens (primary N) is 1. The fourth-order valence-electron chi connectivity index (χ4n) is 2.05. The molecule has 0 radical (unpaired) electrons. The summed E-state index contributed by atoms with van der Waals surface area (Å²) >= 11 is 0. The lowest BCUT2D eigenvalue weighted by atomic mass is 9.99. The molecule has 0 aliphatic carbocycles. The molecule has 5 nitrogen and oxygen atoms in total. The number of nitrogens with zero attached hydrogens (tertiary/aromatic N) is 1. The third-order valence-electron chi connectivity index (χ3n) is 3.05. The minimum Gasteiger partial charge on any atom is -0.491 e. The highest BCUT2D eigenvalue weighted by Crippen LogP contribution is 2.25. The predicted molar refractivity (Wildman–Crippen MR) is 81.3 cm³/mol. The van der Waals surface area contributed by atoms with Crippen molar-refractivity contribution in [2.45, 2.75) is 26.0 Å². The minimum absolute atomic E-state index is 0.0442. The SMILES string of the molecule is CC(C)Oc1ccc(C(N)c2cccc([N+](=O)[O-])c2)cc1. The number of nitro benzene ring substituents is 1. The van der Waals surface area contributed by atoms with Crippen molar-refractivity contribution in [1.82, 2.24) is 0 Å². The van der Waals surface area contributed by atoms with Gasteiger partial charge >= 0.3 is 0 Å². The topological polar surface area (TPSA) is 78.4 Å². The van der Waals surface area contributed by atoms with Gasteiger partial charge in [-0.05, 0) is 37.1 Å². The van der Waals surface area contributed by atoms with E-state index in [0.717, 1.165) is 11.3 Å². The maximum absolute atomic E-state index is 10.8. The van der Waals surface area contributed by atoms with Gasteiger partial charge in [0, 0.05) is 12.1 Å². The Balaban J connectivity index is 2.21. The molecule has 0 fully saturated rings. The molecule has 5 heteroatoms. The highest BCUT2D eigenvalue weighted by Gasteiger charge is 2.13. The quantitative estimate of drug-likeness (QED) is 0.674. The lowest BCUT2D eigenvalue weighted by Crippen LogP contribution is -2.12. The van der Waals surface area contributed by atoms with Crippen LogP contribution in [0.25, 0.3) is 0 Å². The molecule has 1 atom stereocenters. The molecule has 0 spiro atoms. The smallest absolute Gasteiger partial charge is 0.269 e. The van der Waals surface area contributed by atoms with Crippen molar-refractivity contribution in [3.05, 3.63) is 69.8 Å². The van der Waals surface area contributed by atoms with Gasteiger partial charge in [0.05, 0.1) is 17.1 Å². The van der Waals surface area contributed by atoms with Gasteiger partial charge in [0.1, 0.15) is 5.75 Å². The van der Waals surface area contributed by atoms with Crippen LogP contribution in [0.3, 0.4) is 0 Å². The standard InChI is InChI=1S/C16H18N2O3/c1-11(2)21-15-8-6-12(7-9-15)16(17)13-4-3-5-14(10-13)18(19)20/h3-11,16H,17H2,1-2H3. The summed E-state index contributed by atoms with van der Waals surface area (Å²) in [6.45, 7) is 3.92. The van der Waals surface area contributed by atoms with Crippen LogP contribution in [-0.2, 0) is 0 Å². The minimum atomic E-state index is -0.421. The number of benzene rings is 2. The van der Waals surface area contributed by atoms with Gasteiger partial charge in [-0.15, -0.1) is 0 Å². The van der Waals surface area contributed by atoms with E-state index in [2.05, 4.69) is 0 Å². The lowest BCUT2D eigenvalue weighted by Gasteiger charge is -2.14. The highest BCUT2D eigenvalue weighted by molar-refractivity contribution is 5.40. The maximum atomic E-state index is 10.8. The Morgan fingerprint density at radius 3 is 2.33 bits per heavy atom. The lowest BCUT2D eigenvalue weighted by molar-refractivity contribution is -0.384. The Labute approximate surface area is 123 Å². The predicted octanol–water partition coefficient (Wildman–Crippen LogP) is 3.43. The van der Waals surface area contributed by atoms with Crippen LogP contribution in [0.2, 0.25) is 0 Å². The zero-order valence-electron chi connectivity index (χ0n) is 12.0. The first-order valence-corrected chi connectivity index (χ1v) is 6.74. The van der Waals surface area contributed by atoms with Crippen LogP contribution < -0.4 is 10.5 Å². The molecule has 0 saturated heterocycles. The van der Waals surface area contributed by atoms with E-state index in [4.69, 9.17) is 10.5 Å². The molecule has 110 valence electrons. The van der Waals surface area contributed by atoms with Gasteiger partial charge < -0.3 is 10.5 Å². The number of rotatable bonds is 5. The van der Waals surface area contributed by atoms with E-state index in [0.29, 0.717) is 5.56 Å². The number of nitro groups is 1. The van der Waals surface area contributed by atoms with Gasteiger partial charge in [-0.2, -0.15) is 0 Å². The molecule has 2 aromatic carbocycles. The molecule has 1 unspecified atom stereocenters. The molecule has 21 heavy (non-hydrogen) atoms. The summed E-state index contributed by atoms with van der Waals surface area (Å²) in [5.41, 5.74) is 7.81. The Kier molecular flexibility index (Phi) is 4.55. The number of non-ortho nitro benzene ring substituents is 1. The van der Waals surface area contributed by atoms with Crippen molar-refractivity contribution in [1.29, 1.82) is 0 Å². The van der Waals surface area contributed by atoms with E-state index in [9.17, 15) is 10.1 Å². The van der Waals surface area contributed by atoms with Gasteiger partial charge in [0.25, 0.3) is 5.69 Å².